The van der Waals surface area contributed by atoms with Gasteiger partial charge in [0, 0.05) is 0 Å². The quantitative estimate of drug-likeness (QED) is 0.245. The van der Waals surface area contributed by atoms with Gasteiger partial charge in [0.1, 0.15) is 30.4 Å². The summed E-state index contributed by atoms with van der Waals surface area (Å²) in [4.78, 5) is -0.346. The fourth-order valence-electron chi connectivity index (χ4n) is 3.61. The predicted octanol–water partition coefficient (Wildman–Crippen LogP) is -0.403. The van der Waals surface area contributed by atoms with E-state index in [0.717, 1.165) is 33.4 Å². The summed E-state index contributed by atoms with van der Waals surface area (Å²) in [5.74, 6) is 0. The third-order valence-corrected chi connectivity index (χ3v) is 9.78. The molecular formula is C27H45O15RuS3. The van der Waals surface area contributed by atoms with E-state index in [4.69, 9.17) is 0 Å². The van der Waals surface area contributed by atoms with Crippen LogP contribution in [-0.4, -0.2) is 71.8 Å². The summed E-state index contributed by atoms with van der Waals surface area (Å²) in [6.45, 7) is 16.0. The van der Waals surface area contributed by atoms with Gasteiger partial charge in [0.15, 0.2) is 0 Å². The van der Waals surface area contributed by atoms with Crippen LogP contribution >= 0.6 is 0 Å². The minimum Gasteiger partial charge on any atom is -0.744 e. The van der Waals surface area contributed by atoms with Gasteiger partial charge in [-0.15, -0.1) is 0 Å². The summed E-state index contributed by atoms with van der Waals surface area (Å²) >= 11 is 0. The van der Waals surface area contributed by atoms with Crippen LogP contribution in [-0.2, 0) is 49.8 Å². The molecule has 0 bridgehead atoms. The molecule has 12 N–H and O–H groups in total. The molecule has 1 radical (unpaired) electrons. The Morgan fingerprint density at radius 1 is 0.348 bits per heavy atom. The first kappa shape index (κ1) is 59.2. The third-order valence-electron chi connectivity index (χ3n) is 6.83. The van der Waals surface area contributed by atoms with Crippen molar-refractivity contribution in [1.29, 1.82) is 0 Å². The Bertz CT molecular complexity index is 1520. The summed E-state index contributed by atoms with van der Waals surface area (Å²) < 4.78 is 96.9. The van der Waals surface area contributed by atoms with Crippen molar-refractivity contribution >= 4 is 30.4 Å². The van der Waals surface area contributed by atoms with Crippen LogP contribution in [0, 0.1) is 62.3 Å². The molecule has 15 nitrogen and oxygen atoms in total. The second-order valence-electron chi connectivity index (χ2n) is 9.25. The molecule has 3 aromatic rings. The number of benzene rings is 3. The maximum Gasteiger partial charge on any atom is 3.00 e. The van der Waals surface area contributed by atoms with Gasteiger partial charge in [0.2, 0.25) is 0 Å². The van der Waals surface area contributed by atoms with Crippen molar-refractivity contribution in [2.45, 2.75) is 77.0 Å². The average Bonchev–Trinajstić information content (AvgIpc) is 2.78. The molecule has 0 heterocycles. The van der Waals surface area contributed by atoms with E-state index in [0.29, 0.717) is 16.7 Å². The predicted molar refractivity (Wildman–Crippen MR) is 168 cm³/mol. The average molecular weight is 807 g/mol. The van der Waals surface area contributed by atoms with Crippen molar-refractivity contribution in [1.82, 2.24) is 0 Å². The first-order valence-corrected chi connectivity index (χ1v) is 15.8. The number of hydrogen-bond donors (Lipinski definition) is 0. The molecule has 3 rings (SSSR count). The molecule has 0 aliphatic heterocycles. The smallest absolute Gasteiger partial charge is 0.744 e. The van der Waals surface area contributed by atoms with Crippen molar-refractivity contribution < 1.29 is 91.2 Å². The normalized spacial score (nSPS) is 9.91. The molecule has 46 heavy (non-hydrogen) atoms. The summed E-state index contributed by atoms with van der Waals surface area (Å²) in [6.07, 6.45) is 0. The maximum atomic E-state index is 10.8. The van der Waals surface area contributed by atoms with Gasteiger partial charge in [-0.3, -0.25) is 0 Å². The Morgan fingerprint density at radius 2 is 0.500 bits per heavy atom. The molecule has 269 valence electrons. The monoisotopic (exact) mass is 807 g/mol. The van der Waals surface area contributed by atoms with Crippen molar-refractivity contribution in [3.05, 3.63) is 86.5 Å². The van der Waals surface area contributed by atoms with Crippen LogP contribution in [0.1, 0.15) is 50.1 Å². The molecule has 19 heteroatoms. The first-order chi connectivity index (χ1) is 17.5. The Morgan fingerprint density at radius 3 is 0.630 bits per heavy atom. The first-order valence-electron chi connectivity index (χ1n) is 11.6. The topological polar surface area (TPSA) is 361 Å². The minimum atomic E-state index is -4.32. The van der Waals surface area contributed by atoms with Gasteiger partial charge >= 0.3 is 19.5 Å². The molecule has 0 saturated heterocycles. The summed E-state index contributed by atoms with van der Waals surface area (Å²) in [5, 5.41) is 0. The molecular weight excluding hydrogens is 762 g/mol. The van der Waals surface area contributed by atoms with Crippen molar-refractivity contribution in [2.24, 2.45) is 0 Å². The zero-order valence-electron chi connectivity index (χ0n) is 26.7. The van der Waals surface area contributed by atoms with Crippen LogP contribution in [0.5, 0.6) is 0 Å². The Hall–Kier alpha value is -2.23. The van der Waals surface area contributed by atoms with E-state index in [9.17, 15) is 38.9 Å². The van der Waals surface area contributed by atoms with E-state index in [-0.39, 0.29) is 67.0 Å². The zero-order valence-corrected chi connectivity index (χ0v) is 30.9. The SMILES string of the molecule is Cc1ccc(S(=O)(=O)[O-])c(C)c1C.Cc1ccc(S(=O)(=O)[O-])c(C)c1C.Cc1ccc(S(=O)(=O)[O-])c(C)c1C.O.O.O.O.O.O.[Ru+3]. The maximum absolute atomic E-state index is 10.8. The van der Waals surface area contributed by atoms with Gasteiger partial charge in [-0.05, 0) is 131 Å². The summed E-state index contributed by atoms with van der Waals surface area (Å²) in [6, 6.07) is 9.02. The Kier molecular flexibility index (Phi) is 28.8. The molecule has 0 atom stereocenters. The van der Waals surface area contributed by atoms with Crippen LogP contribution in [0.15, 0.2) is 51.1 Å². The van der Waals surface area contributed by atoms with Crippen LogP contribution < -0.4 is 0 Å². The van der Waals surface area contributed by atoms with Crippen LogP contribution in [0.25, 0.3) is 0 Å². The molecule has 3 aromatic carbocycles. The van der Waals surface area contributed by atoms with Crippen LogP contribution in [0.4, 0.5) is 0 Å². The second kappa shape index (κ2) is 22.4. The van der Waals surface area contributed by atoms with E-state index in [1.165, 1.54) is 18.2 Å². The summed E-state index contributed by atoms with van der Waals surface area (Å²) in [5.41, 5.74) is 7.20. The second-order valence-corrected chi connectivity index (χ2v) is 13.3. The van der Waals surface area contributed by atoms with E-state index in [1.54, 1.807) is 59.7 Å². The number of aryl methyl sites for hydroxylation is 3. The Balaban J connectivity index is -0.0000000922. The van der Waals surface area contributed by atoms with Crippen LogP contribution in [0.3, 0.4) is 0 Å². The van der Waals surface area contributed by atoms with Gasteiger partial charge in [-0.2, -0.15) is 0 Å². The van der Waals surface area contributed by atoms with Crippen molar-refractivity contribution in [3.63, 3.8) is 0 Å². The fraction of sp³-hybridized carbons (Fsp3) is 0.333. The van der Waals surface area contributed by atoms with Crippen molar-refractivity contribution in [2.75, 3.05) is 0 Å². The van der Waals surface area contributed by atoms with Gasteiger partial charge < -0.3 is 46.5 Å². The van der Waals surface area contributed by atoms with Crippen LogP contribution in [0.2, 0.25) is 0 Å². The molecule has 0 unspecified atom stereocenters. The van der Waals surface area contributed by atoms with E-state index >= 15 is 0 Å². The van der Waals surface area contributed by atoms with Gasteiger partial charge in [0.25, 0.3) is 0 Å². The molecule has 0 aliphatic carbocycles. The number of hydrogen-bond acceptors (Lipinski definition) is 9. The molecule has 0 aliphatic rings. The van der Waals surface area contributed by atoms with Gasteiger partial charge in [-0.1, -0.05) is 18.2 Å². The molecule has 0 fully saturated rings. The minimum absolute atomic E-state index is 0. The molecule has 0 spiro atoms. The molecule has 0 aromatic heterocycles. The van der Waals surface area contributed by atoms with E-state index < -0.39 is 30.4 Å². The van der Waals surface area contributed by atoms with E-state index in [1.807, 2.05) is 20.8 Å². The fourth-order valence-corrected chi connectivity index (χ4v) is 5.89. The largest absolute Gasteiger partial charge is 3.00 e. The van der Waals surface area contributed by atoms with Gasteiger partial charge in [-0.25, -0.2) is 25.3 Å². The summed E-state index contributed by atoms with van der Waals surface area (Å²) in [7, 11) is -13.0. The number of rotatable bonds is 3. The van der Waals surface area contributed by atoms with E-state index in [2.05, 4.69) is 0 Å². The molecule has 0 saturated carbocycles. The molecule has 0 amide bonds. The standard InChI is InChI=1S/3C9H12O3S.6H2O.Ru/c3*1-6-4-5-9(13(10,11)12)8(3)7(6)2;;;;;;;/h3*4-5H,1-3H3,(H,10,11,12);6*1H2;/q;;;;;;;;;+3/p-3. The Labute approximate surface area is 283 Å². The van der Waals surface area contributed by atoms with Gasteiger partial charge in [0.05, 0.1) is 14.7 Å². The van der Waals surface area contributed by atoms with Crippen molar-refractivity contribution in [3.8, 4) is 0 Å². The zero-order chi connectivity index (χ0) is 30.7. The third kappa shape index (κ3) is 15.6.